The SMILES string of the molecule is CC(=O)Nc1ccc(NS(=O)(=O)CCCC(=O)O)cc1. The van der Waals surface area contributed by atoms with Crippen molar-refractivity contribution >= 4 is 33.3 Å². The number of benzene rings is 1. The fraction of sp³-hybridized carbons (Fsp3) is 0.333. The molecule has 1 aromatic carbocycles. The number of carbonyl (C=O) groups excluding carboxylic acids is 1. The van der Waals surface area contributed by atoms with Crippen LogP contribution in [0, 0.1) is 0 Å². The summed E-state index contributed by atoms with van der Waals surface area (Å²) in [6, 6.07) is 6.16. The molecular weight excluding hydrogens is 284 g/mol. The zero-order valence-electron chi connectivity index (χ0n) is 10.9. The van der Waals surface area contributed by atoms with Crippen LogP contribution in [0.3, 0.4) is 0 Å². The quantitative estimate of drug-likeness (QED) is 0.701. The Balaban J connectivity index is 2.58. The molecule has 0 bridgehead atoms. The maximum Gasteiger partial charge on any atom is 0.303 e. The third-order valence-electron chi connectivity index (χ3n) is 2.28. The van der Waals surface area contributed by atoms with E-state index in [1.807, 2.05) is 0 Å². The van der Waals surface area contributed by atoms with E-state index in [1.165, 1.54) is 19.1 Å². The van der Waals surface area contributed by atoms with Gasteiger partial charge in [0.25, 0.3) is 0 Å². The summed E-state index contributed by atoms with van der Waals surface area (Å²) in [5.41, 5.74) is 0.917. The summed E-state index contributed by atoms with van der Waals surface area (Å²) in [5.74, 6) is -1.50. The molecule has 7 nitrogen and oxygen atoms in total. The first-order chi connectivity index (χ1) is 9.28. The van der Waals surface area contributed by atoms with Gasteiger partial charge in [0.2, 0.25) is 15.9 Å². The zero-order valence-corrected chi connectivity index (χ0v) is 11.7. The minimum Gasteiger partial charge on any atom is -0.481 e. The summed E-state index contributed by atoms with van der Waals surface area (Å²) >= 11 is 0. The van der Waals surface area contributed by atoms with Crippen LogP contribution in [0.1, 0.15) is 19.8 Å². The van der Waals surface area contributed by atoms with E-state index < -0.39 is 16.0 Å². The van der Waals surface area contributed by atoms with Gasteiger partial charge in [0.05, 0.1) is 5.75 Å². The molecule has 1 aromatic rings. The summed E-state index contributed by atoms with van der Waals surface area (Å²) in [7, 11) is -3.57. The number of carbonyl (C=O) groups is 2. The number of sulfonamides is 1. The molecule has 0 aliphatic heterocycles. The van der Waals surface area contributed by atoms with Crippen molar-refractivity contribution in [2.75, 3.05) is 15.8 Å². The van der Waals surface area contributed by atoms with Crippen molar-refractivity contribution in [1.82, 2.24) is 0 Å². The average Bonchev–Trinajstić information content (AvgIpc) is 2.29. The minimum absolute atomic E-state index is 0.0502. The maximum absolute atomic E-state index is 11.7. The standard InChI is InChI=1S/C12H16N2O5S/c1-9(15)13-10-4-6-11(7-5-10)14-20(18,19)8-2-3-12(16)17/h4-7,14H,2-3,8H2,1H3,(H,13,15)(H,16,17). The molecular formula is C12H16N2O5S. The molecule has 0 fully saturated rings. The van der Waals surface area contributed by atoms with Crippen LogP contribution in [0.25, 0.3) is 0 Å². The lowest BCUT2D eigenvalue weighted by molar-refractivity contribution is -0.137. The number of hydrogen-bond donors (Lipinski definition) is 3. The van der Waals surface area contributed by atoms with Crippen LogP contribution in [-0.2, 0) is 19.6 Å². The van der Waals surface area contributed by atoms with Crippen molar-refractivity contribution in [3.8, 4) is 0 Å². The molecule has 0 heterocycles. The van der Waals surface area contributed by atoms with Gasteiger partial charge in [-0.25, -0.2) is 8.42 Å². The van der Waals surface area contributed by atoms with E-state index >= 15 is 0 Å². The van der Waals surface area contributed by atoms with Gasteiger partial charge >= 0.3 is 5.97 Å². The van der Waals surface area contributed by atoms with Crippen LogP contribution in [0.2, 0.25) is 0 Å². The van der Waals surface area contributed by atoms with Crippen molar-refractivity contribution in [2.45, 2.75) is 19.8 Å². The second-order valence-corrected chi connectivity index (χ2v) is 6.02. The molecule has 0 unspecified atom stereocenters. The van der Waals surface area contributed by atoms with Crippen LogP contribution in [-0.4, -0.2) is 31.2 Å². The van der Waals surface area contributed by atoms with E-state index in [1.54, 1.807) is 12.1 Å². The lowest BCUT2D eigenvalue weighted by Crippen LogP contribution is -2.17. The van der Waals surface area contributed by atoms with Crippen molar-refractivity contribution in [3.05, 3.63) is 24.3 Å². The molecule has 0 aromatic heterocycles. The highest BCUT2D eigenvalue weighted by molar-refractivity contribution is 7.92. The molecule has 0 atom stereocenters. The first-order valence-corrected chi connectivity index (χ1v) is 7.54. The van der Waals surface area contributed by atoms with E-state index in [9.17, 15) is 18.0 Å². The monoisotopic (exact) mass is 300 g/mol. The molecule has 0 aliphatic carbocycles. The number of rotatable bonds is 7. The fourth-order valence-electron chi connectivity index (χ4n) is 1.47. The Kier molecular flexibility index (Phi) is 5.51. The Labute approximate surface area is 117 Å². The first kappa shape index (κ1) is 16.0. The molecule has 0 aliphatic rings. The fourth-order valence-corrected chi connectivity index (χ4v) is 2.59. The predicted octanol–water partition coefficient (Wildman–Crippen LogP) is 1.25. The van der Waals surface area contributed by atoms with E-state index in [0.717, 1.165) is 0 Å². The second-order valence-electron chi connectivity index (χ2n) is 4.18. The molecule has 110 valence electrons. The van der Waals surface area contributed by atoms with Gasteiger partial charge in [-0.3, -0.25) is 14.3 Å². The van der Waals surface area contributed by atoms with Gasteiger partial charge in [0.15, 0.2) is 0 Å². The van der Waals surface area contributed by atoms with Gasteiger partial charge < -0.3 is 10.4 Å². The lowest BCUT2D eigenvalue weighted by atomic mass is 10.3. The Morgan fingerprint density at radius 3 is 2.20 bits per heavy atom. The van der Waals surface area contributed by atoms with E-state index in [4.69, 9.17) is 5.11 Å². The molecule has 0 spiro atoms. The van der Waals surface area contributed by atoms with Crippen molar-refractivity contribution in [2.24, 2.45) is 0 Å². The van der Waals surface area contributed by atoms with Gasteiger partial charge in [-0.2, -0.15) is 0 Å². The topological polar surface area (TPSA) is 113 Å². The molecule has 3 N–H and O–H groups in total. The summed E-state index contributed by atoms with van der Waals surface area (Å²) in [5, 5.41) is 11.0. The van der Waals surface area contributed by atoms with E-state index in [-0.39, 0.29) is 24.5 Å². The van der Waals surface area contributed by atoms with Crippen LogP contribution in [0.5, 0.6) is 0 Å². The Hall–Kier alpha value is -2.09. The van der Waals surface area contributed by atoms with Crippen LogP contribution in [0.15, 0.2) is 24.3 Å². The third kappa shape index (κ3) is 6.19. The highest BCUT2D eigenvalue weighted by Crippen LogP contribution is 2.15. The number of carboxylic acids is 1. The Morgan fingerprint density at radius 2 is 1.70 bits per heavy atom. The molecule has 0 saturated carbocycles. The highest BCUT2D eigenvalue weighted by Gasteiger charge is 2.11. The predicted molar refractivity (Wildman–Crippen MR) is 75.0 cm³/mol. The normalized spacial score (nSPS) is 10.8. The molecule has 0 saturated heterocycles. The van der Waals surface area contributed by atoms with Crippen molar-refractivity contribution in [3.63, 3.8) is 0 Å². The number of anilines is 2. The molecule has 0 radical (unpaired) electrons. The molecule has 8 heteroatoms. The van der Waals surface area contributed by atoms with Crippen LogP contribution in [0.4, 0.5) is 11.4 Å². The second kappa shape index (κ2) is 6.90. The van der Waals surface area contributed by atoms with Crippen LogP contribution >= 0.6 is 0 Å². The summed E-state index contributed by atoms with van der Waals surface area (Å²) in [6.45, 7) is 1.37. The lowest BCUT2D eigenvalue weighted by Gasteiger charge is -2.08. The number of hydrogen-bond acceptors (Lipinski definition) is 4. The first-order valence-electron chi connectivity index (χ1n) is 5.88. The number of carboxylic acid groups (broad SMARTS) is 1. The van der Waals surface area contributed by atoms with E-state index in [2.05, 4.69) is 10.0 Å². The zero-order chi connectivity index (χ0) is 15.2. The molecule has 1 rings (SSSR count). The van der Waals surface area contributed by atoms with Gasteiger partial charge in [-0.15, -0.1) is 0 Å². The van der Waals surface area contributed by atoms with E-state index in [0.29, 0.717) is 11.4 Å². The number of amides is 1. The van der Waals surface area contributed by atoms with Gasteiger partial charge in [-0.1, -0.05) is 0 Å². The van der Waals surface area contributed by atoms with Crippen LogP contribution < -0.4 is 10.0 Å². The summed E-state index contributed by atoms with van der Waals surface area (Å²) in [6.07, 6.45) is -0.142. The summed E-state index contributed by atoms with van der Waals surface area (Å²) in [4.78, 5) is 21.1. The molecule has 20 heavy (non-hydrogen) atoms. The largest absolute Gasteiger partial charge is 0.481 e. The Bertz CT molecular complexity index is 580. The van der Waals surface area contributed by atoms with Gasteiger partial charge in [0.1, 0.15) is 0 Å². The third-order valence-corrected chi connectivity index (χ3v) is 3.66. The molecule has 1 amide bonds. The van der Waals surface area contributed by atoms with Gasteiger partial charge in [-0.05, 0) is 30.7 Å². The number of aliphatic carboxylic acids is 1. The summed E-state index contributed by atoms with van der Waals surface area (Å²) < 4.78 is 25.7. The van der Waals surface area contributed by atoms with Crippen molar-refractivity contribution in [1.29, 1.82) is 0 Å². The average molecular weight is 300 g/mol. The highest BCUT2D eigenvalue weighted by atomic mass is 32.2. The maximum atomic E-state index is 11.7. The number of nitrogens with one attached hydrogen (secondary N) is 2. The smallest absolute Gasteiger partial charge is 0.303 e. The minimum atomic E-state index is -3.57. The van der Waals surface area contributed by atoms with Gasteiger partial charge in [0, 0.05) is 24.7 Å². The Morgan fingerprint density at radius 1 is 1.15 bits per heavy atom. The van der Waals surface area contributed by atoms with Crippen molar-refractivity contribution < 1.29 is 23.1 Å².